The number of hydrogen-bond donors (Lipinski definition) is 1. The SMILES string of the molecule is CC(C)S(=O)(=O)N[C@H]1Cc2ccc(-n3ccccc3=O)cc2C1. The average molecular weight is 332 g/mol. The number of sulfonamides is 1. The lowest BCUT2D eigenvalue weighted by molar-refractivity contribution is 0.547. The fourth-order valence-corrected chi connectivity index (χ4v) is 3.75. The molecule has 1 aliphatic rings. The number of pyridine rings is 1. The lowest BCUT2D eigenvalue weighted by Gasteiger charge is -2.14. The van der Waals surface area contributed by atoms with Crippen LogP contribution in [-0.4, -0.2) is 24.3 Å². The molecule has 1 aliphatic carbocycles. The molecule has 1 heterocycles. The third-order valence-corrected chi connectivity index (χ3v) is 6.08. The topological polar surface area (TPSA) is 68.2 Å². The largest absolute Gasteiger partial charge is 0.284 e. The third kappa shape index (κ3) is 3.23. The average Bonchev–Trinajstić information content (AvgIpc) is 2.88. The molecule has 0 saturated carbocycles. The van der Waals surface area contributed by atoms with Gasteiger partial charge < -0.3 is 0 Å². The first-order valence-electron chi connectivity index (χ1n) is 7.68. The first-order chi connectivity index (χ1) is 10.9. The molecule has 1 aromatic carbocycles. The zero-order valence-electron chi connectivity index (χ0n) is 13.2. The Bertz CT molecular complexity index is 885. The molecule has 23 heavy (non-hydrogen) atoms. The molecular formula is C17H20N2O3S. The molecule has 0 bridgehead atoms. The normalized spacial score (nSPS) is 17.4. The maximum atomic E-state index is 12.0. The van der Waals surface area contributed by atoms with Gasteiger partial charge in [-0.15, -0.1) is 0 Å². The van der Waals surface area contributed by atoms with Crippen LogP contribution in [0.3, 0.4) is 0 Å². The summed E-state index contributed by atoms with van der Waals surface area (Å²) in [5.41, 5.74) is 2.95. The standard InChI is InChI=1S/C17H20N2O3S/c1-12(2)23(21,22)18-15-9-13-6-7-16(11-14(13)10-15)19-8-4-3-5-17(19)20/h3-8,11-12,15,18H,9-10H2,1-2H3/t15-/m0/s1. The summed E-state index contributed by atoms with van der Waals surface area (Å²) in [6.07, 6.45) is 3.07. The highest BCUT2D eigenvalue weighted by atomic mass is 32.2. The lowest BCUT2D eigenvalue weighted by Crippen LogP contribution is -2.39. The molecule has 122 valence electrons. The van der Waals surface area contributed by atoms with Gasteiger partial charge in [0.1, 0.15) is 0 Å². The second-order valence-corrected chi connectivity index (χ2v) is 8.45. The first kappa shape index (κ1) is 16.0. The Kier molecular flexibility index (Phi) is 4.12. The predicted molar refractivity (Wildman–Crippen MR) is 90.4 cm³/mol. The van der Waals surface area contributed by atoms with Gasteiger partial charge in [-0.25, -0.2) is 13.1 Å². The lowest BCUT2D eigenvalue weighted by atomic mass is 10.1. The number of rotatable bonds is 4. The Labute approximate surface area is 136 Å². The first-order valence-corrected chi connectivity index (χ1v) is 9.22. The van der Waals surface area contributed by atoms with E-state index in [2.05, 4.69) is 4.72 Å². The monoisotopic (exact) mass is 332 g/mol. The van der Waals surface area contributed by atoms with Gasteiger partial charge in [0.15, 0.2) is 0 Å². The van der Waals surface area contributed by atoms with Crippen LogP contribution >= 0.6 is 0 Å². The number of fused-ring (bicyclic) bond motifs is 1. The van der Waals surface area contributed by atoms with Crippen LogP contribution in [0.1, 0.15) is 25.0 Å². The second-order valence-electron chi connectivity index (χ2n) is 6.18. The van der Waals surface area contributed by atoms with Gasteiger partial charge in [-0.05, 0) is 56.0 Å². The van der Waals surface area contributed by atoms with Gasteiger partial charge >= 0.3 is 0 Å². The molecule has 1 atom stereocenters. The van der Waals surface area contributed by atoms with Crippen molar-refractivity contribution in [3.63, 3.8) is 0 Å². The summed E-state index contributed by atoms with van der Waals surface area (Å²) >= 11 is 0. The van der Waals surface area contributed by atoms with Crippen LogP contribution < -0.4 is 10.3 Å². The van der Waals surface area contributed by atoms with Crippen molar-refractivity contribution < 1.29 is 8.42 Å². The number of benzene rings is 1. The van der Waals surface area contributed by atoms with Crippen molar-refractivity contribution in [1.82, 2.24) is 9.29 Å². The van der Waals surface area contributed by atoms with Crippen LogP contribution in [0, 0.1) is 0 Å². The van der Waals surface area contributed by atoms with E-state index in [0.717, 1.165) is 16.8 Å². The van der Waals surface area contributed by atoms with E-state index in [0.29, 0.717) is 12.8 Å². The summed E-state index contributed by atoms with van der Waals surface area (Å²) in [4.78, 5) is 11.9. The van der Waals surface area contributed by atoms with Crippen LogP contribution in [0.15, 0.2) is 47.4 Å². The van der Waals surface area contributed by atoms with Crippen molar-refractivity contribution in [2.45, 2.75) is 38.0 Å². The second kappa shape index (κ2) is 5.94. The van der Waals surface area contributed by atoms with Gasteiger partial charge in [0.2, 0.25) is 10.0 Å². The van der Waals surface area contributed by atoms with Crippen LogP contribution in [0.2, 0.25) is 0 Å². The van der Waals surface area contributed by atoms with E-state index >= 15 is 0 Å². The van der Waals surface area contributed by atoms with Gasteiger partial charge in [0, 0.05) is 24.0 Å². The van der Waals surface area contributed by atoms with Gasteiger partial charge in [0.05, 0.1) is 5.25 Å². The Hall–Kier alpha value is -1.92. The Morgan fingerprint density at radius 1 is 1.13 bits per heavy atom. The van der Waals surface area contributed by atoms with Gasteiger partial charge in [-0.3, -0.25) is 9.36 Å². The van der Waals surface area contributed by atoms with Crippen LogP contribution in [0.5, 0.6) is 0 Å². The van der Waals surface area contributed by atoms with E-state index in [1.54, 1.807) is 30.7 Å². The molecule has 1 aromatic heterocycles. The molecule has 0 spiro atoms. The highest BCUT2D eigenvalue weighted by molar-refractivity contribution is 7.90. The van der Waals surface area contributed by atoms with E-state index in [4.69, 9.17) is 0 Å². The molecule has 1 N–H and O–H groups in total. The fourth-order valence-electron chi connectivity index (χ4n) is 2.85. The molecule has 2 aromatic rings. The Morgan fingerprint density at radius 3 is 2.57 bits per heavy atom. The summed E-state index contributed by atoms with van der Waals surface area (Å²) in [5, 5.41) is -0.440. The molecule has 0 aliphatic heterocycles. The van der Waals surface area contributed by atoms with Gasteiger partial charge in [0.25, 0.3) is 5.56 Å². The molecular weight excluding hydrogens is 312 g/mol. The number of nitrogens with one attached hydrogen (secondary N) is 1. The maximum Gasteiger partial charge on any atom is 0.255 e. The third-order valence-electron chi connectivity index (χ3n) is 4.17. The minimum Gasteiger partial charge on any atom is -0.284 e. The smallest absolute Gasteiger partial charge is 0.255 e. The minimum atomic E-state index is -3.27. The summed E-state index contributed by atoms with van der Waals surface area (Å²) in [5.74, 6) is 0. The summed E-state index contributed by atoms with van der Waals surface area (Å²) in [7, 11) is -3.27. The molecule has 0 unspecified atom stereocenters. The van der Waals surface area contributed by atoms with E-state index in [1.807, 2.05) is 24.3 Å². The number of hydrogen-bond acceptors (Lipinski definition) is 3. The highest BCUT2D eigenvalue weighted by Crippen LogP contribution is 2.25. The van der Waals surface area contributed by atoms with Crippen molar-refractivity contribution in [1.29, 1.82) is 0 Å². The molecule has 0 amide bonds. The number of aromatic nitrogens is 1. The van der Waals surface area contributed by atoms with Crippen LogP contribution in [0.4, 0.5) is 0 Å². The zero-order valence-corrected chi connectivity index (χ0v) is 14.0. The molecule has 3 rings (SSSR count). The summed E-state index contributed by atoms with van der Waals surface area (Å²) in [6, 6.07) is 10.8. The molecule has 0 saturated heterocycles. The fraction of sp³-hybridized carbons (Fsp3) is 0.353. The Morgan fingerprint density at radius 2 is 1.87 bits per heavy atom. The maximum absolute atomic E-state index is 12.0. The van der Waals surface area contributed by atoms with Crippen molar-refractivity contribution in [2.24, 2.45) is 0 Å². The highest BCUT2D eigenvalue weighted by Gasteiger charge is 2.27. The van der Waals surface area contributed by atoms with Crippen molar-refractivity contribution in [3.05, 3.63) is 64.1 Å². The van der Waals surface area contributed by atoms with Gasteiger partial charge in [-0.1, -0.05) is 12.1 Å². The Balaban J connectivity index is 1.85. The van der Waals surface area contributed by atoms with Crippen molar-refractivity contribution in [3.8, 4) is 5.69 Å². The van der Waals surface area contributed by atoms with Crippen molar-refractivity contribution >= 4 is 10.0 Å². The van der Waals surface area contributed by atoms with E-state index in [-0.39, 0.29) is 11.6 Å². The molecule has 0 radical (unpaired) electrons. The molecule has 6 heteroatoms. The summed E-state index contributed by atoms with van der Waals surface area (Å²) < 4.78 is 28.4. The molecule has 0 fully saturated rings. The van der Waals surface area contributed by atoms with E-state index in [9.17, 15) is 13.2 Å². The van der Waals surface area contributed by atoms with Gasteiger partial charge in [-0.2, -0.15) is 0 Å². The molecule has 5 nitrogen and oxygen atoms in total. The van der Waals surface area contributed by atoms with Crippen molar-refractivity contribution in [2.75, 3.05) is 0 Å². The van der Waals surface area contributed by atoms with Crippen LogP contribution in [0.25, 0.3) is 5.69 Å². The van der Waals surface area contributed by atoms with E-state index in [1.165, 1.54) is 6.07 Å². The minimum absolute atomic E-state index is 0.0810. The van der Waals surface area contributed by atoms with E-state index < -0.39 is 15.3 Å². The zero-order chi connectivity index (χ0) is 16.6. The quantitative estimate of drug-likeness (QED) is 0.925. The number of nitrogens with zero attached hydrogens (tertiary/aromatic N) is 1. The summed E-state index contributed by atoms with van der Waals surface area (Å²) in [6.45, 7) is 3.34. The predicted octanol–water partition coefficient (Wildman–Crippen LogP) is 1.63. The van der Waals surface area contributed by atoms with Crippen LogP contribution in [-0.2, 0) is 22.9 Å².